The molecule has 1 aromatic heterocycles. The molecule has 4 nitrogen and oxygen atoms in total. The fraction of sp³-hybridized carbons (Fsp3) is 0.118. The summed E-state index contributed by atoms with van der Waals surface area (Å²) in [7, 11) is 0. The van der Waals surface area contributed by atoms with Gasteiger partial charge in [-0.15, -0.1) is 0 Å². The monoisotopic (exact) mass is 280 g/mol. The number of rotatable bonds is 4. The van der Waals surface area contributed by atoms with Gasteiger partial charge < -0.3 is 15.0 Å². The van der Waals surface area contributed by atoms with Gasteiger partial charge in [-0.1, -0.05) is 35.5 Å². The number of benzene rings is 2. The van der Waals surface area contributed by atoms with Crippen LogP contribution in [0.25, 0.3) is 22.4 Å². The van der Waals surface area contributed by atoms with Crippen LogP contribution in [0.1, 0.15) is 6.92 Å². The zero-order chi connectivity index (χ0) is 14.7. The molecule has 0 radical (unpaired) electrons. The smallest absolute Gasteiger partial charge is 0.230 e. The summed E-state index contributed by atoms with van der Waals surface area (Å²) >= 11 is 0. The number of anilines is 1. The first-order valence-corrected chi connectivity index (χ1v) is 6.83. The summed E-state index contributed by atoms with van der Waals surface area (Å²) in [6.45, 7) is 2.60. The summed E-state index contributed by atoms with van der Waals surface area (Å²) in [4.78, 5) is 0. The molecule has 0 amide bonds. The topological polar surface area (TPSA) is 61.3 Å². The average molecular weight is 280 g/mol. The fourth-order valence-electron chi connectivity index (χ4n) is 2.26. The van der Waals surface area contributed by atoms with Crippen LogP contribution in [0.4, 0.5) is 5.88 Å². The predicted octanol–water partition coefficient (Wildman–Crippen LogP) is 3.99. The maximum atomic E-state index is 5.93. The van der Waals surface area contributed by atoms with Gasteiger partial charge >= 0.3 is 0 Å². The number of nitrogen functional groups attached to an aromatic ring is 1. The van der Waals surface area contributed by atoms with E-state index in [2.05, 4.69) is 5.16 Å². The normalized spacial score (nSPS) is 10.5. The van der Waals surface area contributed by atoms with Crippen LogP contribution < -0.4 is 10.5 Å². The van der Waals surface area contributed by atoms with Gasteiger partial charge in [0.05, 0.1) is 12.2 Å². The van der Waals surface area contributed by atoms with Crippen molar-refractivity contribution >= 4 is 5.88 Å². The van der Waals surface area contributed by atoms with Crippen molar-refractivity contribution in [1.82, 2.24) is 5.16 Å². The highest BCUT2D eigenvalue weighted by Crippen LogP contribution is 2.36. The second kappa shape index (κ2) is 5.71. The highest BCUT2D eigenvalue weighted by atomic mass is 16.5. The van der Waals surface area contributed by atoms with Crippen molar-refractivity contribution in [2.24, 2.45) is 0 Å². The molecule has 0 unspecified atom stereocenters. The van der Waals surface area contributed by atoms with E-state index in [1.807, 2.05) is 61.5 Å². The molecule has 0 saturated carbocycles. The molecule has 3 aromatic rings. The molecule has 2 N–H and O–H groups in total. The Morgan fingerprint density at radius 2 is 1.71 bits per heavy atom. The molecule has 3 rings (SSSR count). The molecular weight excluding hydrogens is 264 g/mol. The first-order valence-electron chi connectivity index (χ1n) is 6.83. The molecule has 0 bridgehead atoms. The Morgan fingerprint density at radius 3 is 2.38 bits per heavy atom. The fourth-order valence-corrected chi connectivity index (χ4v) is 2.26. The van der Waals surface area contributed by atoms with E-state index >= 15 is 0 Å². The first kappa shape index (κ1) is 13.2. The van der Waals surface area contributed by atoms with Crippen molar-refractivity contribution < 1.29 is 9.26 Å². The van der Waals surface area contributed by atoms with Crippen LogP contribution in [0.5, 0.6) is 5.75 Å². The molecule has 0 aliphatic rings. The predicted molar refractivity (Wildman–Crippen MR) is 83.0 cm³/mol. The van der Waals surface area contributed by atoms with Gasteiger partial charge in [0.1, 0.15) is 11.4 Å². The van der Waals surface area contributed by atoms with Crippen molar-refractivity contribution in [3.63, 3.8) is 0 Å². The van der Waals surface area contributed by atoms with E-state index in [0.717, 1.165) is 28.1 Å². The van der Waals surface area contributed by atoms with E-state index in [-0.39, 0.29) is 0 Å². The third-order valence-corrected chi connectivity index (χ3v) is 3.22. The minimum absolute atomic E-state index is 0.324. The zero-order valence-corrected chi connectivity index (χ0v) is 11.7. The van der Waals surface area contributed by atoms with E-state index < -0.39 is 0 Å². The van der Waals surface area contributed by atoms with Crippen LogP contribution in [-0.2, 0) is 0 Å². The average Bonchev–Trinajstić information content (AvgIpc) is 2.91. The summed E-state index contributed by atoms with van der Waals surface area (Å²) in [6.07, 6.45) is 0. The molecule has 0 aliphatic heterocycles. The Bertz CT molecular complexity index is 718. The molecule has 4 heteroatoms. The second-order valence-corrected chi connectivity index (χ2v) is 4.59. The zero-order valence-electron chi connectivity index (χ0n) is 11.7. The van der Waals surface area contributed by atoms with Crippen molar-refractivity contribution in [3.05, 3.63) is 54.6 Å². The van der Waals surface area contributed by atoms with Crippen LogP contribution in [0.2, 0.25) is 0 Å². The van der Waals surface area contributed by atoms with Crippen LogP contribution >= 0.6 is 0 Å². The minimum Gasteiger partial charge on any atom is -0.494 e. The Labute approximate surface area is 123 Å². The van der Waals surface area contributed by atoms with Gasteiger partial charge in [-0.3, -0.25) is 0 Å². The van der Waals surface area contributed by atoms with Gasteiger partial charge in [0, 0.05) is 5.56 Å². The lowest BCUT2D eigenvalue weighted by atomic mass is 10.0. The highest BCUT2D eigenvalue weighted by Gasteiger charge is 2.17. The molecule has 21 heavy (non-hydrogen) atoms. The van der Waals surface area contributed by atoms with Crippen molar-refractivity contribution in [2.75, 3.05) is 12.3 Å². The van der Waals surface area contributed by atoms with E-state index in [1.165, 1.54) is 0 Å². The molecule has 2 aromatic carbocycles. The summed E-state index contributed by atoms with van der Waals surface area (Å²) in [5.41, 5.74) is 9.42. The van der Waals surface area contributed by atoms with Crippen LogP contribution in [-0.4, -0.2) is 11.8 Å². The van der Waals surface area contributed by atoms with Gasteiger partial charge in [0.2, 0.25) is 5.88 Å². The lowest BCUT2D eigenvalue weighted by Gasteiger charge is -2.05. The molecule has 1 heterocycles. The number of hydrogen-bond donors (Lipinski definition) is 1. The Kier molecular flexibility index (Phi) is 3.60. The van der Waals surface area contributed by atoms with Gasteiger partial charge in [-0.25, -0.2) is 0 Å². The maximum Gasteiger partial charge on any atom is 0.230 e. The lowest BCUT2D eigenvalue weighted by Crippen LogP contribution is -1.91. The van der Waals surface area contributed by atoms with Crippen LogP contribution in [0, 0.1) is 0 Å². The van der Waals surface area contributed by atoms with Crippen molar-refractivity contribution in [2.45, 2.75) is 6.92 Å². The standard InChI is InChI=1S/C17H16N2O2/c1-2-20-14-10-8-13(9-11-14)16-15(17(18)21-19-16)12-6-4-3-5-7-12/h3-11H,2,18H2,1H3. The lowest BCUT2D eigenvalue weighted by molar-refractivity contribution is 0.340. The summed E-state index contributed by atoms with van der Waals surface area (Å²) in [5.74, 6) is 1.16. The SMILES string of the molecule is CCOc1ccc(-c2noc(N)c2-c2ccccc2)cc1. The third kappa shape index (κ3) is 2.60. The molecule has 0 spiro atoms. The summed E-state index contributed by atoms with van der Waals surface area (Å²) < 4.78 is 10.6. The molecule has 0 fully saturated rings. The quantitative estimate of drug-likeness (QED) is 0.785. The van der Waals surface area contributed by atoms with Gasteiger partial charge in [0.15, 0.2) is 0 Å². The number of nitrogens with zero attached hydrogens (tertiary/aromatic N) is 1. The molecule has 0 saturated heterocycles. The number of aromatic nitrogens is 1. The van der Waals surface area contributed by atoms with E-state index in [0.29, 0.717) is 12.5 Å². The Balaban J connectivity index is 2.03. The summed E-state index contributed by atoms with van der Waals surface area (Å²) in [5, 5.41) is 4.10. The Morgan fingerprint density at radius 1 is 1.00 bits per heavy atom. The van der Waals surface area contributed by atoms with E-state index in [1.54, 1.807) is 0 Å². The Hall–Kier alpha value is -2.75. The third-order valence-electron chi connectivity index (χ3n) is 3.22. The largest absolute Gasteiger partial charge is 0.494 e. The van der Waals surface area contributed by atoms with Gasteiger partial charge in [0.25, 0.3) is 0 Å². The molecule has 0 atom stereocenters. The number of ether oxygens (including phenoxy) is 1. The van der Waals surface area contributed by atoms with Gasteiger partial charge in [-0.2, -0.15) is 0 Å². The van der Waals surface area contributed by atoms with Crippen LogP contribution in [0.15, 0.2) is 59.1 Å². The van der Waals surface area contributed by atoms with E-state index in [4.69, 9.17) is 15.0 Å². The van der Waals surface area contributed by atoms with Crippen LogP contribution in [0.3, 0.4) is 0 Å². The molecular formula is C17H16N2O2. The first-order chi connectivity index (χ1) is 10.3. The number of nitrogens with two attached hydrogens (primary N) is 1. The molecule has 106 valence electrons. The number of hydrogen-bond acceptors (Lipinski definition) is 4. The van der Waals surface area contributed by atoms with Crippen molar-refractivity contribution in [1.29, 1.82) is 0 Å². The van der Waals surface area contributed by atoms with Crippen molar-refractivity contribution in [3.8, 4) is 28.1 Å². The van der Waals surface area contributed by atoms with E-state index in [9.17, 15) is 0 Å². The second-order valence-electron chi connectivity index (χ2n) is 4.59. The minimum atomic E-state index is 0.324. The van der Waals surface area contributed by atoms with Gasteiger partial charge in [-0.05, 0) is 36.8 Å². The highest BCUT2D eigenvalue weighted by molar-refractivity contribution is 5.86. The summed E-state index contributed by atoms with van der Waals surface area (Å²) in [6, 6.07) is 17.6. The maximum absolute atomic E-state index is 5.93. The molecule has 0 aliphatic carbocycles.